The number of amides is 2. The van der Waals surface area contributed by atoms with E-state index in [-0.39, 0.29) is 25.4 Å². The number of aromatic nitrogens is 5. The van der Waals surface area contributed by atoms with E-state index in [4.69, 9.17) is 9.47 Å². The fourth-order valence-corrected chi connectivity index (χ4v) is 3.85. The molecule has 0 aliphatic heterocycles. The lowest BCUT2D eigenvalue weighted by atomic mass is 10.1. The third-order valence-electron chi connectivity index (χ3n) is 5.88. The van der Waals surface area contributed by atoms with Crippen molar-refractivity contribution in [2.45, 2.75) is 58.0 Å². The number of rotatable bonds is 15. The van der Waals surface area contributed by atoms with Gasteiger partial charge in [0.1, 0.15) is 0 Å². The van der Waals surface area contributed by atoms with E-state index in [2.05, 4.69) is 38.5 Å². The van der Waals surface area contributed by atoms with E-state index in [1.165, 1.54) is 7.11 Å². The molecule has 0 fully saturated rings. The number of fused-ring (bicyclic) bond motifs is 1. The minimum atomic E-state index is -2.81. The Bertz CT molecular complexity index is 1280. The fourth-order valence-electron chi connectivity index (χ4n) is 3.85. The van der Waals surface area contributed by atoms with E-state index < -0.39 is 12.0 Å². The van der Waals surface area contributed by atoms with Crippen LogP contribution < -0.4 is 14.8 Å². The number of hydrogen-bond donors (Lipinski definition) is 1. The highest BCUT2D eigenvalue weighted by Gasteiger charge is 2.25. The second kappa shape index (κ2) is 13.6. The van der Waals surface area contributed by atoms with Crippen LogP contribution in [-0.4, -0.2) is 67.7 Å². The van der Waals surface area contributed by atoms with Crippen molar-refractivity contribution in [3.05, 3.63) is 55.5 Å². The molecule has 0 saturated carbocycles. The minimum absolute atomic E-state index is 0.137. The molecule has 39 heavy (non-hydrogen) atoms. The number of halogens is 2. The van der Waals surface area contributed by atoms with E-state index in [1.54, 1.807) is 46.2 Å². The van der Waals surface area contributed by atoms with E-state index in [1.807, 2.05) is 6.92 Å². The Morgan fingerprint density at radius 2 is 2.08 bits per heavy atom. The van der Waals surface area contributed by atoms with Crippen LogP contribution in [0, 0.1) is 0 Å². The first kappa shape index (κ1) is 29.5. The maximum atomic E-state index is 13.4. The smallest absolute Gasteiger partial charge is 0.317 e. The normalized spacial score (nSPS) is 12.1. The molecule has 0 spiro atoms. The standard InChI is InChI=1S/C27H35F2N7O3/c1-6-9-15-39-25-23-30-13-14-36(23)34-22(33-25)21-16-19(17-31-24(21)38-5)18-35(8-3)26(37)32-20(10-7-2)11-12-27(4,28)29/h6-7,13-14,16-17,20H,1-2,8-12,15,18H2,3-5H3,(H,32,37)/t20-/m1/s1. The van der Waals surface area contributed by atoms with Crippen molar-refractivity contribution in [3.63, 3.8) is 0 Å². The number of methoxy groups -OCH3 is 1. The van der Waals surface area contributed by atoms with Crippen molar-refractivity contribution < 1.29 is 23.0 Å². The summed E-state index contributed by atoms with van der Waals surface area (Å²) in [7, 11) is 1.49. The zero-order valence-corrected chi connectivity index (χ0v) is 22.6. The number of carbonyl (C=O) groups is 1. The first-order valence-electron chi connectivity index (χ1n) is 12.7. The summed E-state index contributed by atoms with van der Waals surface area (Å²) in [6.07, 6.45) is 9.07. The first-order valence-corrected chi connectivity index (χ1v) is 12.7. The molecule has 0 radical (unpaired) electrons. The van der Waals surface area contributed by atoms with Gasteiger partial charge in [-0.3, -0.25) is 0 Å². The number of pyridine rings is 1. The lowest BCUT2D eigenvalue weighted by Gasteiger charge is -2.26. The molecule has 3 heterocycles. The number of nitrogens with one attached hydrogen (secondary N) is 1. The van der Waals surface area contributed by atoms with Gasteiger partial charge in [0.25, 0.3) is 5.88 Å². The number of hydrogen-bond acceptors (Lipinski definition) is 7. The molecule has 0 aliphatic rings. The highest BCUT2D eigenvalue weighted by Crippen LogP contribution is 2.29. The maximum absolute atomic E-state index is 13.4. The average Bonchev–Trinajstić information content (AvgIpc) is 3.39. The predicted octanol–water partition coefficient (Wildman–Crippen LogP) is 5.06. The zero-order chi connectivity index (χ0) is 28.4. The van der Waals surface area contributed by atoms with Crippen LogP contribution in [0.15, 0.2) is 50.0 Å². The SMILES string of the molecule is C=CCCOc1nc(-c2cc(CN(CC)C(=O)N[C@H](CC=C)CCC(C)(F)F)cnc2OC)nn2ccnc12. The Balaban J connectivity index is 1.85. The van der Waals surface area contributed by atoms with Crippen LogP contribution in [0.25, 0.3) is 17.0 Å². The summed E-state index contributed by atoms with van der Waals surface area (Å²) in [6, 6.07) is 0.982. The van der Waals surface area contributed by atoms with Gasteiger partial charge in [0.2, 0.25) is 17.4 Å². The van der Waals surface area contributed by atoms with Gasteiger partial charge in [0.05, 0.1) is 19.3 Å². The van der Waals surface area contributed by atoms with Crippen LogP contribution >= 0.6 is 0 Å². The number of urea groups is 1. The largest absolute Gasteiger partial charge is 0.480 e. The summed E-state index contributed by atoms with van der Waals surface area (Å²) in [5, 5.41) is 7.40. The molecule has 10 nitrogen and oxygen atoms in total. The van der Waals surface area contributed by atoms with Crippen molar-refractivity contribution >= 4 is 11.7 Å². The topological polar surface area (TPSA) is 107 Å². The van der Waals surface area contributed by atoms with E-state index in [0.29, 0.717) is 60.4 Å². The van der Waals surface area contributed by atoms with Gasteiger partial charge in [0, 0.05) is 44.1 Å². The molecule has 0 bridgehead atoms. The number of nitrogens with zero attached hydrogens (tertiary/aromatic N) is 6. The minimum Gasteiger partial charge on any atom is -0.480 e. The van der Waals surface area contributed by atoms with Crippen LogP contribution in [0.3, 0.4) is 0 Å². The Kier molecular flexibility index (Phi) is 10.3. The van der Waals surface area contributed by atoms with E-state index in [0.717, 1.165) is 6.92 Å². The molecule has 210 valence electrons. The molecule has 3 aromatic heterocycles. The molecule has 1 atom stereocenters. The highest BCUT2D eigenvalue weighted by molar-refractivity contribution is 5.74. The number of ether oxygens (including phenoxy) is 2. The Labute approximate surface area is 226 Å². The van der Waals surface area contributed by atoms with Crippen molar-refractivity contribution in [1.29, 1.82) is 0 Å². The quantitative estimate of drug-likeness (QED) is 0.211. The number of imidazole rings is 1. The first-order chi connectivity index (χ1) is 18.7. The molecule has 0 aliphatic carbocycles. The van der Waals surface area contributed by atoms with Crippen LogP contribution in [0.1, 0.15) is 45.1 Å². The summed E-state index contributed by atoms with van der Waals surface area (Å²) in [5.41, 5.74) is 1.67. The molecule has 3 rings (SSSR count). The van der Waals surface area contributed by atoms with E-state index >= 15 is 0 Å². The third kappa shape index (κ3) is 8.20. The molecule has 2 amide bonds. The Hall–Kier alpha value is -4.09. The van der Waals surface area contributed by atoms with Crippen LogP contribution in [0.5, 0.6) is 11.8 Å². The average molecular weight is 544 g/mol. The summed E-state index contributed by atoms with van der Waals surface area (Å²) >= 11 is 0. The molecule has 3 aromatic rings. The lowest BCUT2D eigenvalue weighted by molar-refractivity contribution is 0.00845. The molecule has 0 saturated heterocycles. The molecule has 0 unspecified atom stereocenters. The summed E-state index contributed by atoms with van der Waals surface area (Å²) in [6.45, 7) is 11.1. The number of carbonyl (C=O) groups excluding carboxylic acids is 1. The summed E-state index contributed by atoms with van der Waals surface area (Å²) in [4.78, 5) is 27.8. The van der Waals surface area contributed by atoms with Crippen LogP contribution in [0.2, 0.25) is 0 Å². The van der Waals surface area contributed by atoms with Gasteiger partial charge in [0.15, 0.2) is 5.82 Å². The molecular formula is C27H35F2N7O3. The summed E-state index contributed by atoms with van der Waals surface area (Å²) in [5.74, 6) is -1.90. The molecule has 1 N–H and O–H groups in total. The molecular weight excluding hydrogens is 508 g/mol. The van der Waals surface area contributed by atoms with Gasteiger partial charge in [-0.25, -0.2) is 28.1 Å². The van der Waals surface area contributed by atoms with Gasteiger partial charge in [-0.05, 0) is 44.7 Å². The monoisotopic (exact) mass is 543 g/mol. The Morgan fingerprint density at radius 1 is 1.28 bits per heavy atom. The Morgan fingerprint density at radius 3 is 2.74 bits per heavy atom. The van der Waals surface area contributed by atoms with Crippen molar-refractivity contribution in [2.24, 2.45) is 0 Å². The van der Waals surface area contributed by atoms with Crippen molar-refractivity contribution in [1.82, 2.24) is 34.8 Å². The van der Waals surface area contributed by atoms with Crippen LogP contribution in [0.4, 0.5) is 13.6 Å². The molecule has 12 heteroatoms. The van der Waals surface area contributed by atoms with Gasteiger partial charge >= 0.3 is 6.03 Å². The fraction of sp³-hybridized carbons (Fsp3) is 0.444. The zero-order valence-electron chi connectivity index (χ0n) is 22.6. The van der Waals surface area contributed by atoms with Crippen molar-refractivity contribution in [2.75, 3.05) is 20.3 Å². The van der Waals surface area contributed by atoms with E-state index in [9.17, 15) is 13.6 Å². The summed E-state index contributed by atoms with van der Waals surface area (Å²) < 4.78 is 39.6. The second-order valence-electron chi connectivity index (χ2n) is 9.06. The van der Waals surface area contributed by atoms with Gasteiger partial charge in [-0.15, -0.1) is 18.3 Å². The lowest BCUT2D eigenvalue weighted by Crippen LogP contribution is -2.44. The highest BCUT2D eigenvalue weighted by atomic mass is 19.3. The predicted molar refractivity (Wildman–Crippen MR) is 144 cm³/mol. The van der Waals surface area contributed by atoms with Gasteiger partial charge in [-0.2, -0.15) is 4.98 Å². The van der Waals surface area contributed by atoms with Crippen LogP contribution in [-0.2, 0) is 6.54 Å². The maximum Gasteiger partial charge on any atom is 0.317 e. The number of alkyl halides is 2. The van der Waals surface area contributed by atoms with Gasteiger partial charge < -0.3 is 19.7 Å². The van der Waals surface area contributed by atoms with Crippen molar-refractivity contribution in [3.8, 4) is 23.1 Å². The van der Waals surface area contributed by atoms with Gasteiger partial charge in [-0.1, -0.05) is 12.2 Å². The molecule has 0 aromatic carbocycles. The second-order valence-corrected chi connectivity index (χ2v) is 9.06. The third-order valence-corrected chi connectivity index (χ3v) is 5.88.